The third-order valence-corrected chi connectivity index (χ3v) is 4.31. The maximum absolute atomic E-state index is 9.30. The first kappa shape index (κ1) is 15.4. The first-order valence-corrected chi connectivity index (χ1v) is 7.86. The Kier molecular flexibility index (Phi) is 4.22. The van der Waals surface area contributed by atoms with Gasteiger partial charge in [-0.2, -0.15) is 10.2 Å². The van der Waals surface area contributed by atoms with Crippen molar-refractivity contribution in [3.05, 3.63) is 28.8 Å². The van der Waals surface area contributed by atoms with Crippen LogP contribution in [-0.4, -0.2) is 23.1 Å². The molecule has 1 fully saturated rings. The molecule has 0 aliphatic carbocycles. The number of nitrogens with zero attached hydrogens (tertiary/aromatic N) is 4. The molecular weight excluding hydrogens is 312 g/mol. The molecule has 6 nitrogen and oxygen atoms in total. The minimum Gasteiger partial charge on any atom is -0.382 e. The second-order valence-corrected chi connectivity index (χ2v) is 5.92. The fraction of sp³-hybridized carbons (Fsp3) is 0.312. The van der Waals surface area contributed by atoms with Gasteiger partial charge < -0.3 is 16.4 Å². The Bertz CT molecular complexity index is 777. The van der Waals surface area contributed by atoms with Gasteiger partial charge in [-0.05, 0) is 37.5 Å². The van der Waals surface area contributed by atoms with Crippen molar-refractivity contribution in [3.8, 4) is 17.3 Å². The summed E-state index contributed by atoms with van der Waals surface area (Å²) >= 11 is 6.44. The number of nitriles is 1. The van der Waals surface area contributed by atoms with Gasteiger partial charge in [0.05, 0.1) is 10.7 Å². The Morgan fingerprint density at radius 2 is 1.87 bits per heavy atom. The van der Waals surface area contributed by atoms with E-state index in [1.54, 1.807) is 0 Å². The predicted molar refractivity (Wildman–Crippen MR) is 92.1 cm³/mol. The SMILES string of the molecule is N#Cc1c(N)nc(N)nc1-c1ccc(N2CCCCC2)cc1Cl. The van der Waals surface area contributed by atoms with Gasteiger partial charge in [0.2, 0.25) is 5.95 Å². The van der Waals surface area contributed by atoms with E-state index in [4.69, 9.17) is 23.1 Å². The van der Waals surface area contributed by atoms with Crippen molar-refractivity contribution in [1.29, 1.82) is 5.26 Å². The average molecular weight is 329 g/mol. The van der Waals surface area contributed by atoms with Crippen molar-refractivity contribution in [1.82, 2.24) is 9.97 Å². The van der Waals surface area contributed by atoms with Crippen LogP contribution in [0.2, 0.25) is 5.02 Å². The maximum Gasteiger partial charge on any atom is 0.222 e. The van der Waals surface area contributed by atoms with Crippen LogP contribution in [0, 0.1) is 11.3 Å². The molecule has 0 radical (unpaired) electrons. The number of halogens is 1. The quantitative estimate of drug-likeness (QED) is 0.878. The van der Waals surface area contributed by atoms with Gasteiger partial charge in [-0.1, -0.05) is 11.6 Å². The molecule has 1 aromatic heterocycles. The first-order chi connectivity index (χ1) is 11.1. The molecule has 23 heavy (non-hydrogen) atoms. The Morgan fingerprint density at radius 1 is 1.13 bits per heavy atom. The van der Waals surface area contributed by atoms with E-state index in [1.165, 1.54) is 19.3 Å². The summed E-state index contributed by atoms with van der Waals surface area (Å²) in [6.45, 7) is 2.07. The van der Waals surface area contributed by atoms with Crippen LogP contribution < -0.4 is 16.4 Å². The van der Waals surface area contributed by atoms with Gasteiger partial charge in [-0.25, -0.2) is 4.98 Å². The Balaban J connectivity index is 2.03. The highest BCUT2D eigenvalue weighted by atomic mass is 35.5. The second-order valence-electron chi connectivity index (χ2n) is 5.51. The van der Waals surface area contributed by atoms with Crippen LogP contribution in [-0.2, 0) is 0 Å². The Hall–Kier alpha value is -2.52. The highest BCUT2D eigenvalue weighted by Crippen LogP contribution is 2.34. The molecule has 3 rings (SSSR count). The number of nitrogen functional groups attached to an aromatic ring is 2. The summed E-state index contributed by atoms with van der Waals surface area (Å²) in [5, 5.41) is 9.81. The Morgan fingerprint density at radius 3 is 2.52 bits per heavy atom. The zero-order chi connectivity index (χ0) is 16.4. The number of piperidine rings is 1. The molecule has 1 aliphatic heterocycles. The zero-order valence-corrected chi connectivity index (χ0v) is 13.3. The number of hydrogen-bond acceptors (Lipinski definition) is 6. The standard InChI is InChI=1S/C16H17ClN6/c17-13-8-10(23-6-2-1-3-7-23)4-5-11(13)14-12(9-18)15(19)22-16(20)21-14/h4-5,8H,1-3,6-7H2,(H4,19,20,21,22). The minimum absolute atomic E-state index is 0.0210. The monoisotopic (exact) mass is 328 g/mol. The smallest absolute Gasteiger partial charge is 0.222 e. The molecule has 1 aliphatic rings. The van der Waals surface area contributed by atoms with E-state index >= 15 is 0 Å². The van der Waals surface area contributed by atoms with Gasteiger partial charge in [0, 0.05) is 24.3 Å². The second kappa shape index (κ2) is 6.31. The molecule has 0 bridgehead atoms. The molecule has 2 heterocycles. The zero-order valence-electron chi connectivity index (χ0n) is 12.6. The van der Waals surface area contributed by atoms with E-state index in [0.717, 1.165) is 18.8 Å². The normalized spacial score (nSPS) is 14.5. The molecule has 0 spiro atoms. The highest BCUT2D eigenvalue weighted by Gasteiger charge is 2.18. The van der Waals surface area contributed by atoms with Crippen LogP contribution in [0.25, 0.3) is 11.3 Å². The number of aromatic nitrogens is 2. The van der Waals surface area contributed by atoms with Crippen molar-refractivity contribution >= 4 is 29.1 Å². The summed E-state index contributed by atoms with van der Waals surface area (Å²) in [6.07, 6.45) is 3.65. The van der Waals surface area contributed by atoms with Crippen LogP contribution in [0.3, 0.4) is 0 Å². The Labute approximate surface area is 139 Å². The highest BCUT2D eigenvalue weighted by molar-refractivity contribution is 6.33. The summed E-state index contributed by atoms with van der Waals surface area (Å²) in [5.74, 6) is 0.0823. The molecule has 1 aromatic carbocycles. The number of nitrogens with two attached hydrogens (primary N) is 2. The lowest BCUT2D eigenvalue weighted by Gasteiger charge is -2.29. The number of benzene rings is 1. The van der Waals surface area contributed by atoms with E-state index < -0.39 is 0 Å². The van der Waals surface area contributed by atoms with E-state index in [-0.39, 0.29) is 17.3 Å². The van der Waals surface area contributed by atoms with Crippen molar-refractivity contribution in [2.45, 2.75) is 19.3 Å². The van der Waals surface area contributed by atoms with Gasteiger partial charge in [-0.15, -0.1) is 0 Å². The number of hydrogen-bond donors (Lipinski definition) is 2. The van der Waals surface area contributed by atoms with Crippen molar-refractivity contribution in [2.75, 3.05) is 29.5 Å². The van der Waals surface area contributed by atoms with E-state index in [2.05, 4.69) is 14.9 Å². The van der Waals surface area contributed by atoms with E-state index in [0.29, 0.717) is 16.3 Å². The summed E-state index contributed by atoms with van der Waals surface area (Å²) in [4.78, 5) is 10.3. The summed E-state index contributed by atoms with van der Waals surface area (Å²) in [7, 11) is 0. The largest absolute Gasteiger partial charge is 0.382 e. The average Bonchev–Trinajstić information content (AvgIpc) is 2.55. The fourth-order valence-corrected chi connectivity index (χ4v) is 3.11. The summed E-state index contributed by atoms with van der Waals surface area (Å²) in [6, 6.07) is 7.76. The molecule has 118 valence electrons. The third-order valence-electron chi connectivity index (χ3n) is 4.00. The molecule has 2 aromatic rings. The van der Waals surface area contributed by atoms with Gasteiger partial charge in [0.15, 0.2) is 0 Å². The molecule has 0 atom stereocenters. The van der Waals surface area contributed by atoms with Gasteiger partial charge in [0.1, 0.15) is 17.5 Å². The van der Waals surface area contributed by atoms with E-state index in [9.17, 15) is 5.26 Å². The van der Waals surface area contributed by atoms with Gasteiger partial charge >= 0.3 is 0 Å². The molecule has 1 saturated heterocycles. The van der Waals surface area contributed by atoms with E-state index in [1.807, 2.05) is 24.3 Å². The molecule has 0 unspecified atom stereocenters. The van der Waals surface area contributed by atoms with Gasteiger partial charge in [-0.3, -0.25) is 0 Å². The topological polar surface area (TPSA) is 105 Å². The third kappa shape index (κ3) is 3.01. The summed E-state index contributed by atoms with van der Waals surface area (Å²) in [5.41, 5.74) is 13.7. The predicted octanol–water partition coefficient (Wildman–Crippen LogP) is 2.82. The number of anilines is 3. The molecular formula is C16H17ClN6. The first-order valence-electron chi connectivity index (χ1n) is 7.48. The van der Waals surface area contributed by atoms with Crippen molar-refractivity contribution in [2.24, 2.45) is 0 Å². The lowest BCUT2D eigenvalue weighted by atomic mass is 10.0. The van der Waals surface area contributed by atoms with Crippen LogP contribution >= 0.6 is 11.6 Å². The number of rotatable bonds is 2. The lowest BCUT2D eigenvalue weighted by Crippen LogP contribution is -2.29. The minimum atomic E-state index is 0.0210. The lowest BCUT2D eigenvalue weighted by molar-refractivity contribution is 0.578. The molecule has 4 N–H and O–H groups in total. The van der Waals surface area contributed by atoms with Crippen LogP contribution in [0.5, 0.6) is 0 Å². The molecule has 0 saturated carbocycles. The maximum atomic E-state index is 9.30. The van der Waals surface area contributed by atoms with Crippen molar-refractivity contribution < 1.29 is 0 Å². The summed E-state index contributed by atoms with van der Waals surface area (Å²) < 4.78 is 0. The van der Waals surface area contributed by atoms with Crippen molar-refractivity contribution in [3.63, 3.8) is 0 Å². The fourth-order valence-electron chi connectivity index (χ4n) is 2.85. The van der Waals surface area contributed by atoms with Crippen LogP contribution in [0.4, 0.5) is 17.5 Å². The van der Waals surface area contributed by atoms with Crippen LogP contribution in [0.15, 0.2) is 18.2 Å². The van der Waals surface area contributed by atoms with Crippen LogP contribution in [0.1, 0.15) is 24.8 Å². The molecule has 7 heteroatoms. The molecule has 0 amide bonds. The van der Waals surface area contributed by atoms with Gasteiger partial charge in [0.25, 0.3) is 0 Å².